The molecule has 0 N–H and O–H groups in total. The van der Waals surface area contributed by atoms with Crippen LogP contribution in [-0.4, -0.2) is 27.1 Å². The van der Waals surface area contributed by atoms with Gasteiger partial charge >= 0.3 is 5.97 Å². The van der Waals surface area contributed by atoms with E-state index in [2.05, 4.69) is 13.3 Å². The van der Waals surface area contributed by atoms with Crippen molar-refractivity contribution in [3.63, 3.8) is 0 Å². The molecular formula is C16H15BCl3O2P. The predicted molar refractivity (Wildman–Crippen MR) is 102 cm³/mol. The molecule has 2 rings (SSSR count). The lowest BCUT2D eigenvalue weighted by Gasteiger charge is -2.14. The van der Waals surface area contributed by atoms with Crippen LogP contribution in [0.3, 0.4) is 0 Å². The van der Waals surface area contributed by atoms with Crippen molar-refractivity contribution in [2.75, 3.05) is 13.3 Å². The molecular weight excluding hydrogens is 372 g/mol. The molecule has 2 aromatic rings. The minimum atomic E-state index is -1.02. The van der Waals surface area contributed by atoms with Crippen LogP contribution >= 0.6 is 43.4 Å². The molecule has 0 heterocycles. The number of esters is 1. The van der Waals surface area contributed by atoms with E-state index in [0.29, 0.717) is 10.6 Å². The molecule has 120 valence electrons. The van der Waals surface area contributed by atoms with E-state index in [-0.39, 0.29) is 15.8 Å². The van der Waals surface area contributed by atoms with Crippen molar-refractivity contribution in [3.05, 3.63) is 63.1 Å². The lowest BCUT2D eigenvalue weighted by atomic mass is 9.81. The summed E-state index contributed by atoms with van der Waals surface area (Å²) in [6, 6.07) is 11.6. The second-order valence-electron chi connectivity index (χ2n) is 4.47. The summed E-state index contributed by atoms with van der Waals surface area (Å²) in [4.78, 5) is 12.0. The first-order chi connectivity index (χ1) is 10.9. The Bertz CT molecular complexity index is 647. The molecule has 0 saturated carbocycles. The summed E-state index contributed by atoms with van der Waals surface area (Å²) in [5.74, 6) is -1.62. The second kappa shape index (κ2) is 10.2. The number of hydrogen-bond acceptors (Lipinski definition) is 2. The number of hydrogen-bond donors (Lipinski definition) is 0. The van der Waals surface area contributed by atoms with Gasteiger partial charge in [0.2, 0.25) is 0 Å². The second-order valence-corrected chi connectivity index (χ2v) is 6.69. The molecule has 0 spiro atoms. The predicted octanol–water partition coefficient (Wildman–Crippen LogP) is 5.39. The minimum Gasteiger partial charge on any atom is -0.423 e. The molecule has 0 aliphatic carbocycles. The topological polar surface area (TPSA) is 26.3 Å². The van der Waals surface area contributed by atoms with E-state index < -0.39 is 11.8 Å². The summed E-state index contributed by atoms with van der Waals surface area (Å²) in [7, 11) is 6.93. The molecule has 2 nitrogen and oxygen atoms in total. The van der Waals surface area contributed by atoms with Crippen molar-refractivity contribution in [1.82, 2.24) is 0 Å². The highest BCUT2D eigenvalue weighted by atomic mass is 35.5. The van der Waals surface area contributed by atoms with Crippen LogP contribution in [0.5, 0.6) is 5.75 Å². The largest absolute Gasteiger partial charge is 0.423 e. The van der Waals surface area contributed by atoms with E-state index >= 15 is 0 Å². The fraction of sp³-hybridized carbons (Fsp3) is 0.188. The molecule has 7 heteroatoms. The Morgan fingerprint density at radius 2 is 1.48 bits per heavy atom. The first-order valence-electron chi connectivity index (χ1n) is 6.66. The zero-order chi connectivity index (χ0) is 17.4. The van der Waals surface area contributed by atoms with Crippen LogP contribution in [-0.2, 0) is 4.79 Å². The standard InChI is InChI=1S/C14H8BCl3O2.C2H7P/c15-12(8-4-1-2-5-9(8)16)14(19)20-13-10(17)6-3-7-11(13)18;1-3-2/h1-7,12H;3H,1-2H3. The van der Waals surface area contributed by atoms with Gasteiger partial charge in [0.25, 0.3) is 0 Å². The first kappa shape index (κ1) is 20.3. The summed E-state index contributed by atoms with van der Waals surface area (Å²) >= 11 is 17.8. The van der Waals surface area contributed by atoms with E-state index in [1.54, 1.807) is 42.5 Å². The normalized spacial score (nSPS) is 11.2. The van der Waals surface area contributed by atoms with Gasteiger partial charge in [-0.2, -0.15) is 0 Å². The third-order valence-corrected chi connectivity index (χ3v) is 3.56. The molecule has 0 aliphatic heterocycles. The summed E-state index contributed by atoms with van der Waals surface area (Å²) in [5.41, 5.74) is 0.474. The zero-order valence-corrected chi connectivity index (χ0v) is 15.9. The first-order valence-corrected chi connectivity index (χ1v) is 9.80. The van der Waals surface area contributed by atoms with Crippen molar-refractivity contribution in [1.29, 1.82) is 0 Å². The molecule has 2 radical (unpaired) electrons. The Morgan fingerprint density at radius 3 is 2.00 bits per heavy atom. The monoisotopic (exact) mass is 386 g/mol. The molecule has 1 unspecified atom stereocenters. The van der Waals surface area contributed by atoms with Gasteiger partial charge in [0.05, 0.1) is 17.9 Å². The van der Waals surface area contributed by atoms with Gasteiger partial charge in [-0.3, -0.25) is 4.79 Å². The maximum Gasteiger partial charge on any atom is 0.309 e. The Kier molecular flexibility index (Phi) is 9.02. The van der Waals surface area contributed by atoms with Gasteiger partial charge in [-0.05, 0) is 37.1 Å². The molecule has 0 saturated heterocycles. The highest BCUT2D eigenvalue weighted by Gasteiger charge is 2.21. The Hall–Kier alpha value is -0.725. The highest BCUT2D eigenvalue weighted by Crippen LogP contribution is 2.33. The highest BCUT2D eigenvalue weighted by molar-refractivity contribution is 7.35. The minimum absolute atomic E-state index is 0.0864. The fourth-order valence-electron chi connectivity index (χ4n) is 1.60. The van der Waals surface area contributed by atoms with Crippen LogP contribution in [0.1, 0.15) is 11.4 Å². The maximum atomic E-state index is 12.0. The van der Waals surface area contributed by atoms with Crippen LogP contribution in [0.4, 0.5) is 0 Å². The van der Waals surface area contributed by atoms with Crippen molar-refractivity contribution >= 4 is 57.2 Å². The number of carbonyl (C=O) groups excluding carboxylic acids is 1. The molecule has 0 amide bonds. The Morgan fingerprint density at radius 1 is 1.00 bits per heavy atom. The van der Waals surface area contributed by atoms with Crippen molar-refractivity contribution in [2.45, 2.75) is 5.82 Å². The zero-order valence-electron chi connectivity index (χ0n) is 12.6. The van der Waals surface area contributed by atoms with E-state index in [1.165, 1.54) is 0 Å². The summed E-state index contributed by atoms with van der Waals surface area (Å²) in [6.07, 6.45) is 0. The molecule has 0 bridgehead atoms. The number of carbonyl (C=O) groups is 1. The lowest BCUT2D eigenvalue weighted by molar-refractivity contribution is -0.134. The van der Waals surface area contributed by atoms with Gasteiger partial charge in [-0.15, -0.1) is 8.58 Å². The molecule has 23 heavy (non-hydrogen) atoms. The quantitative estimate of drug-likeness (QED) is 0.306. The maximum absolute atomic E-state index is 12.0. The summed E-state index contributed by atoms with van der Waals surface area (Å²) in [6.45, 7) is 4.31. The van der Waals surface area contributed by atoms with Crippen LogP contribution in [0.15, 0.2) is 42.5 Å². The lowest BCUT2D eigenvalue weighted by Crippen LogP contribution is -2.19. The molecule has 2 aromatic carbocycles. The molecule has 0 aliphatic rings. The van der Waals surface area contributed by atoms with Gasteiger partial charge in [-0.1, -0.05) is 59.1 Å². The number of para-hydroxylation sites is 1. The van der Waals surface area contributed by atoms with Gasteiger partial charge in [0.1, 0.15) is 0 Å². The summed E-state index contributed by atoms with van der Waals surface area (Å²) < 4.78 is 5.16. The van der Waals surface area contributed by atoms with Gasteiger partial charge in [-0.25, -0.2) is 0 Å². The average molecular weight is 387 g/mol. The van der Waals surface area contributed by atoms with Gasteiger partial charge in [0, 0.05) is 10.8 Å². The number of benzene rings is 2. The smallest absolute Gasteiger partial charge is 0.309 e. The van der Waals surface area contributed by atoms with Crippen molar-refractivity contribution in [3.8, 4) is 5.75 Å². The van der Waals surface area contributed by atoms with Crippen LogP contribution in [0, 0.1) is 0 Å². The molecule has 0 fully saturated rings. The average Bonchev–Trinajstić information content (AvgIpc) is 2.51. The number of halogens is 3. The fourth-order valence-corrected chi connectivity index (χ4v) is 2.33. The SMILES string of the molecule is CPC.[B]C(C(=O)Oc1c(Cl)cccc1Cl)c1ccccc1Cl. The number of rotatable bonds is 3. The number of ether oxygens (including phenoxy) is 1. The van der Waals surface area contributed by atoms with E-state index in [4.69, 9.17) is 47.4 Å². The molecule has 0 aromatic heterocycles. The third-order valence-electron chi connectivity index (χ3n) is 2.62. The van der Waals surface area contributed by atoms with E-state index in [9.17, 15) is 4.79 Å². The van der Waals surface area contributed by atoms with Crippen LogP contribution in [0.2, 0.25) is 15.1 Å². The third kappa shape index (κ3) is 6.01. The van der Waals surface area contributed by atoms with E-state index in [0.717, 1.165) is 8.58 Å². The summed E-state index contributed by atoms with van der Waals surface area (Å²) in [5, 5.41) is 0.858. The van der Waals surface area contributed by atoms with E-state index in [1.807, 2.05) is 0 Å². The Balaban J connectivity index is 0.000000816. The van der Waals surface area contributed by atoms with Crippen LogP contribution in [0.25, 0.3) is 0 Å². The van der Waals surface area contributed by atoms with Gasteiger partial charge < -0.3 is 4.74 Å². The molecule has 1 atom stereocenters. The van der Waals surface area contributed by atoms with Crippen molar-refractivity contribution in [2.24, 2.45) is 0 Å². The Labute approximate surface area is 154 Å². The van der Waals surface area contributed by atoms with Gasteiger partial charge in [0.15, 0.2) is 5.75 Å². The van der Waals surface area contributed by atoms with Crippen LogP contribution < -0.4 is 4.74 Å². The van der Waals surface area contributed by atoms with Crippen molar-refractivity contribution < 1.29 is 9.53 Å².